The maximum atomic E-state index is 5.21. The third-order valence-corrected chi connectivity index (χ3v) is 4.70. The van der Waals surface area contributed by atoms with E-state index < -0.39 is 0 Å². The Labute approximate surface area is 169 Å². The summed E-state index contributed by atoms with van der Waals surface area (Å²) in [4.78, 5) is 16.0. The first-order chi connectivity index (χ1) is 14.2. The minimum Gasteiger partial charge on any atom is -0.497 e. The van der Waals surface area contributed by atoms with Crippen molar-refractivity contribution in [2.24, 2.45) is 0 Å². The Balaban J connectivity index is 1.60. The lowest BCUT2D eigenvalue weighted by Gasteiger charge is -2.17. The summed E-state index contributed by atoms with van der Waals surface area (Å²) in [6, 6.07) is 15.3. The molecule has 0 radical (unpaired) electrons. The number of benzene rings is 2. The highest BCUT2D eigenvalue weighted by molar-refractivity contribution is 5.60. The van der Waals surface area contributed by atoms with Crippen molar-refractivity contribution in [2.75, 3.05) is 42.8 Å². The number of nitrogens with one attached hydrogen (secondary N) is 2. The van der Waals surface area contributed by atoms with Crippen molar-refractivity contribution >= 4 is 29.2 Å². The Hall–Kier alpha value is -3.55. The number of aromatic nitrogens is 3. The molecule has 8 heteroatoms. The van der Waals surface area contributed by atoms with Gasteiger partial charge in [0.25, 0.3) is 0 Å². The molecule has 1 aliphatic rings. The lowest BCUT2D eigenvalue weighted by molar-refractivity contribution is 0.415. The van der Waals surface area contributed by atoms with Gasteiger partial charge in [-0.1, -0.05) is 0 Å². The van der Waals surface area contributed by atoms with Gasteiger partial charge in [0.2, 0.25) is 17.8 Å². The molecule has 0 saturated carbocycles. The normalized spacial score (nSPS) is 13.2. The number of ether oxygens (including phenoxy) is 2. The molecule has 0 spiro atoms. The van der Waals surface area contributed by atoms with E-state index in [-0.39, 0.29) is 0 Å². The molecule has 0 bridgehead atoms. The van der Waals surface area contributed by atoms with E-state index in [9.17, 15) is 0 Å². The molecule has 1 fully saturated rings. The first kappa shape index (κ1) is 18.8. The summed E-state index contributed by atoms with van der Waals surface area (Å²) >= 11 is 0. The lowest BCUT2D eigenvalue weighted by Crippen LogP contribution is -2.21. The van der Waals surface area contributed by atoms with Crippen LogP contribution < -0.4 is 25.0 Å². The van der Waals surface area contributed by atoms with E-state index in [4.69, 9.17) is 9.47 Å². The molecule has 3 aromatic rings. The van der Waals surface area contributed by atoms with Crippen LogP contribution in [0.3, 0.4) is 0 Å². The maximum absolute atomic E-state index is 5.21. The van der Waals surface area contributed by atoms with Crippen molar-refractivity contribution in [3.05, 3.63) is 48.5 Å². The number of methoxy groups -OCH3 is 2. The second-order valence-electron chi connectivity index (χ2n) is 6.68. The predicted octanol–water partition coefficient (Wildman–Crippen LogP) is 3.98. The monoisotopic (exact) mass is 392 g/mol. The molecule has 2 aromatic carbocycles. The van der Waals surface area contributed by atoms with Crippen LogP contribution in [-0.2, 0) is 0 Å². The number of anilines is 5. The topological polar surface area (TPSA) is 84.4 Å². The Morgan fingerprint density at radius 3 is 1.55 bits per heavy atom. The molecule has 1 aromatic heterocycles. The fourth-order valence-corrected chi connectivity index (χ4v) is 3.14. The van der Waals surface area contributed by atoms with Gasteiger partial charge in [0, 0.05) is 24.5 Å². The van der Waals surface area contributed by atoms with E-state index in [1.165, 1.54) is 0 Å². The van der Waals surface area contributed by atoms with Gasteiger partial charge in [-0.25, -0.2) is 0 Å². The van der Waals surface area contributed by atoms with Gasteiger partial charge in [0.1, 0.15) is 11.5 Å². The Morgan fingerprint density at radius 1 is 0.690 bits per heavy atom. The number of rotatable bonds is 7. The highest BCUT2D eigenvalue weighted by Crippen LogP contribution is 2.24. The van der Waals surface area contributed by atoms with Crippen LogP contribution in [0, 0.1) is 0 Å². The zero-order chi connectivity index (χ0) is 20.1. The molecule has 1 aliphatic heterocycles. The van der Waals surface area contributed by atoms with Crippen LogP contribution >= 0.6 is 0 Å². The standard InChI is InChI=1S/C21H24N6O2/c1-28-17-9-5-15(6-10-17)22-19-24-20(23-16-7-11-18(29-2)12-8-16)26-21(25-19)27-13-3-4-14-27/h5-12H,3-4,13-14H2,1-2H3,(H2,22,23,24,25,26). The van der Waals surface area contributed by atoms with Gasteiger partial charge in [-0.2, -0.15) is 15.0 Å². The molecule has 0 aliphatic carbocycles. The van der Waals surface area contributed by atoms with Crippen LogP contribution in [0.4, 0.5) is 29.2 Å². The van der Waals surface area contributed by atoms with Gasteiger partial charge in [-0.15, -0.1) is 0 Å². The van der Waals surface area contributed by atoms with E-state index in [0.717, 1.165) is 48.8 Å². The number of nitrogens with zero attached hydrogens (tertiary/aromatic N) is 4. The summed E-state index contributed by atoms with van der Waals surface area (Å²) in [7, 11) is 3.29. The average Bonchev–Trinajstić information content (AvgIpc) is 3.30. The molecular weight excluding hydrogens is 368 g/mol. The van der Waals surface area contributed by atoms with Crippen LogP contribution in [-0.4, -0.2) is 42.3 Å². The third kappa shape index (κ3) is 4.66. The average molecular weight is 392 g/mol. The summed E-state index contributed by atoms with van der Waals surface area (Å²) < 4.78 is 10.4. The zero-order valence-electron chi connectivity index (χ0n) is 16.6. The molecule has 0 unspecified atom stereocenters. The van der Waals surface area contributed by atoms with Gasteiger partial charge in [0.15, 0.2) is 0 Å². The smallest absolute Gasteiger partial charge is 0.233 e. The molecule has 1 saturated heterocycles. The molecule has 8 nitrogen and oxygen atoms in total. The summed E-state index contributed by atoms with van der Waals surface area (Å²) in [6.07, 6.45) is 2.29. The Morgan fingerprint density at radius 2 is 1.14 bits per heavy atom. The predicted molar refractivity (Wildman–Crippen MR) is 114 cm³/mol. The molecule has 2 heterocycles. The van der Waals surface area contributed by atoms with Gasteiger partial charge in [0.05, 0.1) is 14.2 Å². The fraction of sp³-hybridized carbons (Fsp3) is 0.286. The Bertz CT molecular complexity index is 873. The second kappa shape index (κ2) is 8.64. The first-order valence-corrected chi connectivity index (χ1v) is 9.57. The minimum atomic E-state index is 0.489. The van der Waals surface area contributed by atoms with E-state index in [2.05, 4.69) is 30.5 Å². The number of hydrogen-bond acceptors (Lipinski definition) is 8. The molecule has 2 N–H and O–H groups in total. The fourth-order valence-electron chi connectivity index (χ4n) is 3.14. The largest absolute Gasteiger partial charge is 0.497 e. The van der Waals surface area contributed by atoms with E-state index in [0.29, 0.717) is 17.8 Å². The molecule has 4 rings (SSSR count). The second-order valence-corrected chi connectivity index (χ2v) is 6.68. The first-order valence-electron chi connectivity index (χ1n) is 9.57. The van der Waals surface area contributed by atoms with Crippen molar-refractivity contribution in [1.82, 2.24) is 15.0 Å². The highest BCUT2D eigenvalue weighted by atomic mass is 16.5. The molecular formula is C21H24N6O2. The molecule has 0 atom stereocenters. The quantitative estimate of drug-likeness (QED) is 0.625. The molecule has 150 valence electrons. The van der Waals surface area contributed by atoms with Gasteiger partial charge in [-0.3, -0.25) is 0 Å². The Kier molecular flexibility index (Phi) is 5.60. The summed E-state index contributed by atoms with van der Waals surface area (Å²) in [5.74, 6) is 3.24. The SMILES string of the molecule is COc1ccc(Nc2nc(Nc3ccc(OC)cc3)nc(N3CCCC3)n2)cc1. The van der Waals surface area contributed by atoms with Crippen LogP contribution in [0.15, 0.2) is 48.5 Å². The summed E-state index contributed by atoms with van der Waals surface area (Å²) in [5, 5.41) is 6.52. The van der Waals surface area contributed by atoms with Crippen molar-refractivity contribution in [3.63, 3.8) is 0 Å². The van der Waals surface area contributed by atoms with Crippen LogP contribution in [0.25, 0.3) is 0 Å². The lowest BCUT2D eigenvalue weighted by atomic mass is 10.3. The van der Waals surface area contributed by atoms with Crippen LogP contribution in [0.5, 0.6) is 11.5 Å². The van der Waals surface area contributed by atoms with Gasteiger partial charge < -0.3 is 25.0 Å². The number of hydrogen-bond donors (Lipinski definition) is 2. The van der Waals surface area contributed by atoms with Crippen LogP contribution in [0.2, 0.25) is 0 Å². The summed E-state index contributed by atoms with van der Waals surface area (Å²) in [6.45, 7) is 1.90. The van der Waals surface area contributed by atoms with Gasteiger partial charge in [-0.05, 0) is 61.4 Å². The van der Waals surface area contributed by atoms with Gasteiger partial charge >= 0.3 is 0 Å². The third-order valence-electron chi connectivity index (χ3n) is 4.70. The van der Waals surface area contributed by atoms with Crippen molar-refractivity contribution in [3.8, 4) is 11.5 Å². The molecule has 0 amide bonds. The zero-order valence-corrected chi connectivity index (χ0v) is 16.6. The van der Waals surface area contributed by atoms with E-state index in [1.807, 2.05) is 48.5 Å². The maximum Gasteiger partial charge on any atom is 0.233 e. The van der Waals surface area contributed by atoms with Crippen molar-refractivity contribution in [2.45, 2.75) is 12.8 Å². The van der Waals surface area contributed by atoms with E-state index in [1.54, 1.807) is 14.2 Å². The van der Waals surface area contributed by atoms with Crippen molar-refractivity contribution < 1.29 is 9.47 Å². The molecule has 29 heavy (non-hydrogen) atoms. The van der Waals surface area contributed by atoms with Crippen LogP contribution in [0.1, 0.15) is 12.8 Å². The van der Waals surface area contributed by atoms with Crippen molar-refractivity contribution in [1.29, 1.82) is 0 Å². The van der Waals surface area contributed by atoms with E-state index >= 15 is 0 Å². The minimum absolute atomic E-state index is 0.489. The highest BCUT2D eigenvalue weighted by Gasteiger charge is 2.17. The summed E-state index contributed by atoms with van der Waals surface area (Å²) in [5.41, 5.74) is 1.75.